The van der Waals surface area contributed by atoms with Gasteiger partial charge in [0.25, 0.3) is 0 Å². The minimum Gasteiger partial charge on any atom is -0.495 e. The lowest BCUT2D eigenvalue weighted by molar-refractivity contribution is 0.402. The Morgan fingerprint density at radius 2 is 1.79 bits per heavy atom. The second-order valence-electron chi connectivity index (χ2n) is 5.93. The molecule has 0 unspecified atom stereocenters. The van der Waals surface area contributed by atoms with Gasteiger partial charge in [-0.3, -0.25) is 0 Å². The van der Waals surface area contributed by atoms with Gasteiger partial charge in [0.2, 0.25) is 10.0 Å². The summed E-state index contributed by atoms with van der Waals surface area (Å²) in [5.74, 6) is 0.263. The van der Waals surface area contributed by atoms with Gasteiger partial charge in [-0.2, -0.15) is 0 Å². The van der Waals surface area contributed by atoms with Crippen molar-refractivity contribution >= 4 is 10.0 Å². The van der Waals surface area contributed by atoms with Crippen molar-refractivity contribution in [1.29, 1.82) is 0 Å². The van der Waals surface area contributed by atoms with E-state index in [4.69, 9.17) is 9.88 Å². The van der Waals surface area contributed by atoms with Crippen LogP contribution in [-0.2, 0) is 16.4 Å². The van der Waals surface area contributed by atoms with Gasteiger partial charge in [0, 0.05) is 12.1 Å². The van der Waals surface area contributed by atoms with Crippen molar-refractivity contribution in [3.8, 4) is 5.75 Å². The molecule has 3 N–H and O–H groups in total. The zero-order chi connectivity index (χ0) is 17.7. The second kappa shape index (κ2) is 7.79. The molecule has 0 aliphatic carbocycles. The van der Waals surface area contributed by atoms with Crippen LogP contribution in [-0.4, -0.2) is 21.6 Å². The molecule has 0 radical (unpaired) electrons. The highest BCUT2D eigenvalue weighted by Crippen LogP contribution is 2.24. The van der Waals surface area contributed by atoms with Crippen molar-refractivity contribution in [1.82, 2.24) is 5.32 Å². The Bertz CT molecular complexity index is 776. The molecule has 2 aromatic rings. The molecule has 130 valence electrons. The smallest absolute Gasteiger partial charge is 0.241 e. The Balaban J connectivity index is 2.10. The first kappa shape index (κ1) is 18.4. The van der Waals surface area contributed by atoms with Crippen molar-refractivity contribution in [3.05, 3.63) is 59.7 Å². The van der Waals surface area contributed by atoms with Gasteiger partial charge in [0.15, 0.2) is 0 Å². The minimum atomic E-state index is -3.82. The van der Waals surface area contributed by atoms with Crippen molar-refractivity contribution in [2.45, 2.75) is 37.2 Å². The monoisotopic (exact) mass is 348 g/mol. The average Bonchev–Trinajstić information content (AvgIpc) is 2.54. The quantitative estimate of drug-likeness (QED) is 0.806. The van der Waals surface area contributed by atoms with Crippen molar-refractivity contribution in [2.75, 3.05) is 7.11 Å². The molecule has 0 spiro atoms. The predicted molar refractivity (Wildman–Crippen MR) is 95.5 cm³/mol. The van der Waals surface area contributed by atoms with Crippen molar-refractivity contribution in [2.24, 2.45) is 5.14 Å². The zero-order valence-corrected chi connectivity index (χ0v) is 15.0. The number of sulfonamides is 1. The van der Waals surface area contributed by atoms with Crippen LogP contribution in [0.2, 0.25) is 0 Å². The summed E-state index contributed by atoms with van der Waals surface area (Å²) < 4.78 is 28.5. The van der Waals surface area contributed by atoms with E-state index in [-0.39, 0.29) is 22.7 Å². The maximum absolute atomic E-state index is 11.7. The van der Waals surface area contributed by atoms with Crippen molar-refractivity contribution in [3.63, 3.8) is 0 Å². The van der Waals surface area contributed by atoms with E-state index < -0.39 is 10.0 Å². The van der Waals surface area contributed by atoms with Crippen LogP contribution in [0.1, 0.15) is 31.0 Å². The third-order valence-electron chi connectivity index (χ3n) is 3.91. The molecule has 0 amide bonds. The van der Waals surface area contributed by atoms with Crippen LogP contribution in [0.4, 0.5) is 0 Å². The Morgan fingerprint density at radius 1 is 1.12 bits per heavy atom. The van der Waals surface area contributed by atoms with Crippen LogP contribution in [0.3, 0.4) is 0 Å². The Hall–Kier alpha value is -1.89. The molecule has 2 rings (SSSR count). The maximum atomic E-state index is 11.7. The molecule has 0 aliphatic heterocycles. The van der Waals surface area contributed by atoms with Gasteiger partial charge in [0.1, 0.15) is 10.6 Å². The van der Waals surface area contributed by atoms with Crippen LogP contribution < -0.4 is 15.2 Å². The van der Waals surface area contributed by atoms with Gasteiger partial charge in [-0.1, -0.05) is 36.4 Å². The minimum absolute atomic E-state index is 0.0193. The largest absolute Gasteiger partial charge is 0.495 e. The second-order valence-corrected chi connectivity index (χ2v) is 7.46. The summed E-state index contributed by atoms with van der Waals surface area (Å²) in [6.45, 7) is 4.18. The highest BCUT2D eigenvalue weighted by Gasteiger charge is 2.17. The molecule has 0 fully saturated rings. The molecule has 0 saturated heterocycles. The lowest BCUT2D eigenvalue weighted by Crippen LogP contribution is -2.30. The number of rotatable bonds is 7. The summed E-state index contributed by atoms with van der Waals surface area (Å²) in [7, 11) is -2.39. The predicted octanol–water partition coefficient (Wildman–Crippen LogP) is 2.62. The molecule has 0 bridgehead atoms. The average molecular weight is 348 g/mol. The lowest BCUT2D eigenvalue weighted by atomic mass is 10.0. The first-order chi connectivity index (χ1) is 11.3. The number of hydrogen-bond donors (Lipinski definition) is 2. The highest BCUT2D eigenvalue weighted by molar-refractivity contribution is 7.89. The third kappa shape index (κ3) is 4.80. The number of primary sulfonamides is 1. The van der Waals surface area contributed by atoms with Gasteiger partial charge in [-0.25, -0.2) is 13.6 Å². The van der Waals surface area contributed by atoms with Crippen LogP contribution >= 0.6 is 0 Å². The van der Waals surface area contributed by atoms with Crippen LogP contribution in [0.25, 0.3) is 0 Å². The standard InChI is InChI=1S/C18H24N2O3S/c1-13(20-14(2)16-7-5-4-6-8-16)11-15-9-10-17(23-3)18(12-15)24(19,21)22/h4-10,12-14,20H,11H2,1-3H3,(H2,19,21,22)/t13-,14+/m0/s1. The summed E-state index contributed by atoms with van der Waals surface area (Å²) in [4.78, 5) is 0.0193. The zero-order valence-electron chi connectivity index (χ0n) is 14.2. The Morgan fingerprint density at radius 3 is 2.38 bits per heavy atom. The Kier molecular flexibility index (Phi) is 5.99. The van der Waals surface area contributed by atoms with E-state index in [9.17, 15) is 8.42 Å². The van der Waals surface area contributed by atoms with E-state index in [0.29, 0.717) is 6.42 Å². The van der Waals surface area contributed by atoms with Crippen LogP contribution in [0, 0.1) is 0 Å². The summed E-state index contributed by atoms with van der Waals surface area (Å²) in [5, 5.41) is 8.79. The lowest BCUT2D eigenvalue weighted by Gasteiger charge is -2.21. The van der Waals surface area contributed by atoms with E-state index in [0.717, 1.165) is 5.56 Å². The first-order valence-corrected chi connectivity index (χ1v) is 9.36. The number of nitrogens with one attached hydrogen (secondary N) is 1. The molecular weight excluding hydrogens is 324 g/mol. The van der Waals surface area contributed by atoms with Crippen LogP contribution in [0.15, 0.2) is 53.4 Å². The molecule has 2 atom stereocenters. The molecule has 0 saturated carbocycles. The molecule has 2 aromatic carbocycles. The summed E-state index contributed by atoms with van der Waals surface area (Å²) >= 11 is 0. The van der Waals surface area contributed by atoms with E-state index in [1.165, 1.54) is 12.7 Å². The van der Waals surface area contributed by atoms with Gasteiger partial charge >= 0.3 is 0 Å². The number of hydrogen-bond acceptors (Lipinski definition) is 4. The highest BCUT2D eigenvalue weighted by atomic mass is 32.2. The van der Waals surface area contributed by atoms with Gasteiger partial charge in [-0.15, -0.1) is 0 Å². The van der Waals surface area contributed by atoms with E-state index >= 15 is 0 Å². The number of nitrogens with two attached hydrogens (primary N) is 1. The number of methoxy groups -OCH3 is 1. The molecule has 0 aromatic heterocycles. The molecular formula is C18H24N2O3S. The topological polar surface area (TPSA) is 81.4 Å². The fraction of sp³-hybridized carbons (Fsp3) is 0.333. The van der Waals surface area contributed by atoms with Gasteiger partial charge < -0.3 is 10.1 Å². The van der Waals surface area contributed by atoms with E-state index in [2.05, 4.69) is 31.3 Å². The Labute approximate surface area is 143 Å². The molecule has 0 heterocycles. The fourth-order valence-corrected chi connectivity index (χ4v) is 3.50. The van der Waals surface area contributed by atoms with Gasteiger partial charge in [0.05, 0.1) is 7.11 Å². The third-order valence-corrected chi connectivity index (χ3v) is 4.84. The summed E-state index contributed by atoms with van der Waals surface area (Å²) in [6, 6.07) is 15.6. The van der Waals surface area contributed by atoms with Crippen molar-refractivity contribution < 1.29 is 13.2 Å². The number of ether oxygens (including phenoxy) is 1. The first-order valence-electron chi connectivity index (χ1n) is 7.82. The molecule has 0 aliphatic rings. The fourth-order valence-electron chi connectivity index (χ4n) is 2.75. The maximum Gasteiger partial charge on any atom is 0.241 e. The summed E-state index contributed by atoms with van der Waals surface area (Å²) in [6.07, 6.45) is 0.684. The van der Waals surface area contributed by atoms with Crippen LogP contribution in [0.5, 0.6) is 5.75 Å². The molecule has 5 nitrogen and oxygen atoms in total. The van der Waals surface area contributed by atoms with E-state index in [1.807, 2.05) is 24.3 Å². The normalized spacial score (nSPS) is 14.2. The molecule has 24 heavy (non-hydrogen) atoms. The molecule has 6 heteroatoms. The number of benzene rings is 2. The summed E-state index contributed by atoms with van der Waals surface area (Å²) in [5.41, 5.74) is 2.10. The van der Waals surface area contributed by atoms with Gasteiger partial charge in [-0.05, 0) is 43.5 Å². The van der Waals surface area contributed by atoms with E-state index in [1.54, 1.807) is 12.1 Å². The SMILES string of the molecule is COc1ccc(C[C@H](C)N[C@H](C)c2ccccc2)cc1S(N)(=O)=O.